The summed E-state index contributed by atoms with van der Waals surface area (Å²) in [6.45, 7) is 2.87. The molecule has 3 rings (SSSR count). The lowest BCUT2D eigenvalue weighted by Gasteiger charge is -2.50. The lowest BCUT2D eigenvalue weighted by Crippen LogP contribution is -2.62. The minimum atomic E-state index is -3.23. The van der Waals surface area contributed by atoms with Gasteiger partial charge in [0.05, 0.1) is 11.2 Å². The van der Waals surface area contributed by atoms with Gasteiger partial charge in [-0.1, -0.05) is 19.8 Å². The minimum absolute atomic E-state index is 0.0274. The molecule has 0 radical (unpaired) electrons. The summed E-state index contributed by atoms with van der Waals surface area (Å²) in [5, 5.41) is 3.08. The van der Waals surface area contributed by atoms with Gasteiger partial charge in [0, 0.05) is 31.5 Å². The Hall–Kier alpha value is -1.47. The molecule has 1 saturated carbocycles. The topological polar surface area (TPSA) is 79.4 Å². The molecule has 1 saturated heterocycles. The Kier molecular flexibility index (Phi) is 5.43. The molecule has 0 aromatic carbocycles. The summed E-state index contributed by atoms with van der Waals surface area (Å²) < 4.78 is 26.4. The third-order valence-electron chi connectivity index (χ3n) is 5.71. The zero-order valence-electron chi connectivity index (χ0n) is 14.8. The van der Waals surface area contributed by atoms with E-state index in [0.29, 0.717) is 19.5 Å². The smallest absolute Gasteiger partial charge is 0.227 e. The van der Waals surface area contributed by atoms with Crippen LogP contribution in [-0.2, 0) is 21.2 Å². The standard InChI is InChI=1S/C18H27N3O3S/c1-2-21-16-5-3-4-9-18(16,10-14-25(21,23)24)17(22)20-13-8-15-6-11-19-12-7-15/h6-7,11-12,16H,2-5,8-10,13-14H2,1H3,(H,20,22)/t16-,18-/m1/s1. The van der Waals surface area contributed by atoms with Crippen LogP contribution in [-0.4, -0.2) is 48.5 Å². The highest BCUT2D eigenvalue weighted by Gasteiger charge is 2.54. The zero-order chi connectivity index (χ0) is 17.9. The summed E-state index contributed by atoms with van der Waals surface area (Å²) in [6.07, 6.45) is 8.24. The molecule has 0 bridgehead atoms. The van der Waals surface area contributed by atoms with Crippen LogP contribution in [0.2, 0.25) is 0 Å². The molecule has 1 aromatic heterocycles. The fraction of sp³-hybridized carbons (Fsp3) is 0.667. The number of hydrogen-bond donors (Lipinski definition) is 1. The van der Waals surface area contributed by atoms with Crippen molar-refractivity contribution in [2.24, 2.45) is 5.41 Å². The van der Waals surface area contributed by atoms with Crippen molar-refractivity contribution >= 4 is 15.9 Å². The molecule has 6 nitrogen and oxygen atoms in total. The van der Waals surface area contributed by atoms with Gasteiger partial charge in [0.25, 0.3) is 0 Å². The van der Waals surface area contributed by atoms with E-state index in [2.05, 4.69) is 10.3 Å². The van der Waals surface area contributed by atoms with E-state index in [-0.39, 0.29) is 17.7 Å². The van der Waals surface area contributed by atoms with E-state index in [0.717, 1.165) is 37.7 Å². The summed E-state index contributed by atoms with van der Waals surface area (Å²) in [4.78, 5) is 17.1. The molecule has 1 N–H and O–H groups in total. The molecule has 138 valence electrons. The van der Waals surface area contributed by atoms with Crippen LogP contribution in [0.1, 0.15) is 44.6 Å². The second-order valence-electron chi connectivity index (χ2n) is 7.05. The normalized spacial score (nSPS) is 28.9. The molecule has 1 aliphatic heterocycles. The molecule has 25 heavy (non-hydrogen) atoms. The zero-order valence-corrected chi connectivity index (χ0v) is 15.6. The second kappa shape index (κ2) is 7.41. The largest absolute Gasteiger partial charge is 0.355 e. The van der Waals surface area contributed by atoms with Crippen molar-refractivity contribution < 1.29 is 13.2 Å². The minimum Gasteiger partial charge on any atom is -0.355 e. The molecule has 1 aromatic rings. The molecule has 0 unspecified atom stereocenters. The summed E-state index contributed by atoms with van der Waals surface area (Å²) in [7, 11) is -3.23. The summed E-state index contributed by atoms with van der Waals surface area (Å²) in [6, 6.07) is 3.70. The van der Waals surface area contributed by atoms with E-state index in [4.69, 9.17) is 0 Å². The molecule has 1 aliphatic carbocycles. The number of aromatic nitrogens is 1. The Labute approximate surface area is 150 Å². The Bertz CT molecular complexity index is 708. The Balaban J connectivity index is 1.72. The first-order valence-corrected chi connectivity index (χ1v) is 10.8. The van der Waals surface area contributed by atoms with Gasteiger partial charge in [-0.25, -0.2) is 8.42 Å². The molecular weight excluding hydrogens is 338 g/mol. The van der Waals surface area contributed by atoms with Crippen molar-refractivity contribution in [3.05, 3.63) is 30.1 Å². The summed E-state index contributed by atoms with van der Waals surface area (Å²) in [5.41, 5.74) is 0.576. The van der Waals surface area contributed by atoms with Crippen LogP contribution in [0, 0.1) is 5.41 Å². The molecule has 7 heteroatoms. The first kappa shape index (κ1) is 18.3. The third-order valence-corrected chi connectivity index (χ3v) is 7.66. The Morgan fingerprint density at radius 3 is 2.80 bits per heavy atom. The van der Waals surface area contributed by atoms with Gasteiger partial charge in [0.2, 0.25) is 15.9 Å². The van der Waals surface area contributed by atoms with Crippen LogP contribution in [0.25, 0.3) is 0 Å². The Morgan fingerprint density at radius 2 is 2.08 bits per heavy atom. The van der Waals surface area contributed by atoms with Crippen molar-refractivity contribution in [2.75, 3.05) is 18.8 Å². The fourth-order valence-corrected chi connectivity index (χ4v) is 6.34. The third kappa shape index (κ3) is 3.58. The SMILES string of the molecule is CCN1[C@@H]2CCCC[C@@]2(C(=O)NCCc2ccncc2)CCS1(=O)=O. The Morgan fingerprint density at radius 1 is 1.32 bits per heavy atom. The summed E-state index contributed by atoms with van der Waals surface area (Å²) >= 11 is 0. The number of amides is 1. The maximum atomic E-state index is 13.1. The van der Waals surface area contributed by atoms with Crippen LogP contribution in [0.4, 0.5) is 0 Å². The first-order chi connectivity index (χ1) is 12.0. The van der Waals surface area contributed by atoms with Crippen LogP contribution >= 0.6 is 0 Å². The molecule has 2 fully saturated rings. The highest BCUT2D eigenvalue weighted by Crippen LogP contribution is 2.46. The van der Waals surface area contributed by atoms with Crippen LogP contribution in [0.15, 0.2) is 24.5 Å². The average molecular weight is 365 g/mol. The lowest BCUT2D eigenvalue weighted by molar-refractivity contribution is -0.137. The number of sulfonamides is 1. The monoisotopic (exact) mass is 365 g/mol. The van der Waals surface area contributed by atoms with Crippen LogP contribution in [0.5, 0.6) is 0 Å². The van der Waals surface area contributed by atoms with Gasteiger partial charge < -0.3 is 5.32 Å². The van der Waals surface area contributed by atoms with Crippen molar-refractivity contribution in [1.29, 1.82) is 0 Å². The number of pyridine rings is 1. The molecule has 2 heterocycles. The number of hydrogen-bond acceptors (Lipinski definition) is 4. The fourth-order valence-electron chi connectivity index (χ4n) is 4.40. The lowest BCUT2D eigenvalue weighted by atomic mass is 9.67. The second-order valence-corrected chi connectivity index (χ2v) is 9.09. The van der Waals surface area contributed by atoms with E-state index >= 15 is 0 Å². The highest BCUT2D eigenvalue weighted by molar-refractivity contribution is 7.89. The van der Waals surface area contributed by atoms with Crippen molar-refractivity contribution in [2.45, 2.75) is 51.5 Å². The highest BCUT2D eigenvalue weighted by atomic mass is 32.2. The van der Waals surface area contributed by atoms with Gasteiger partial charge in [-0.15, -0.1) is 0 Å². The summed E-state index contributed by atoms with van der Waals surface area (Å²) in [5.74, 6) is 0.106. The van der Waals surface area contributed by atoms with E-state index in [1.807, 2.05) is 19.1 Å². The number of nitrogens with one attached hydrogen (secondary N) is 1. The van der Waals surface area contributed by atoms with E-state index < -0.39 is 15.4 Å². The van der Waals surface area contributed by atoms with Crippen molar-refractivity contribution in [1.82, 2.24) is 14.6 Å². The van der Waals surface area contributed by atoms with Gasteiger partial charge in [0.1, 0.15) is 0 Å². The number of carbonyl (C=O) groups excluding carboxylic acids is 1. The quantitative estimate of drug-likeness (QED) is 0.862. The number of carbonyl (C=O) groups is 1. The van der Waals surface area contributed by atoms with Gasteiger partial charge in [-0.2, -0.15) is 4.31 Å². The maximum Gasteiger partial charge on any atom is 0.227 e. The van der Waals surface area contributed by atoms with E-state index in [1.54, 1.807) is 16.7 Å². The molecular formula is C18H27N3O3S. The number of rotatable bonds is 5. The van der Waals surface area contributed by atoms with E-state index in [1.165, 1.54) is 0 Å². The number of nitrogens with zero attached hydrogens (tertiary/aromatic N) is 2. The van der Waals surface area contributed by atoms with Crippen molar-refractivity contribution in [3.63, 3.8) is 0 Å². The van der Waals surface area contributed by atoms with Gasteiger partial charge in [-0.3, -0.25) is 9.78 Å². The molecule has 0 spiro atoms. The maximum absolute atomic E-state index is 13.1. The molecule has 2 atom stereocenters. The van der Waals surface area contributed by atoms with Gasteiger partial charge in [0.15, 0.2) is 0 Å². The first-order valence-electron chi connectivity index (χ1n) is 9.16. The molecule has 2 aliphatic rings. The van der Waals surface area contributed by atoms with Crippen LogP contribution < -0.4 is 5.32 Å². The predicted octanol–water partition coefficient (Wildman–Crippen LogP) is 1.72. The number of fused-ring (bicyclic) bond motifs is 1. The predicted molar refractivity (Wildman–Crippen MR) is 96.4 cm³/mol. The van der Waals surface area contributed by atoms with E-state index in [9.17, 15) is 13.2 Å². The van der Waals surface area contributed by atoms with Gasteiger partial charge in [-0.05, 0) is 43.4 Å². The van der Waals surface area contributed by atoms with Crippen LogP contribution in [0.3, 0.4) is 0 Å². The molecule has 1 amide bonds. The van der Waals surface area contributed by atoms with Gasteiger partial charge >= 0.3 is 0 Å². The van der Waals surface area contributed by atoms with Crippen molar-refractivity contribution in [3.8, 4) is 0 Å². The average Bonchev–Trinajstić information content (AvgIpc) is 2.62.